The van der Waals surface area contributed by atoms with Gasteiger partial charge in [-0.05, 0) is 12.8 Å². The Hall–Kier alpha value is -0.420. The molecule has 0 aromatic rings. The minimum atomic E-state index is -4.28. The zero-order valence-electron chi connectivity index (χ0n) is 23.3. The van der Waals surface area contributed by atoms with Gasteiger partial charge in [0, 0.05) is 6.42 Å². The highest BCUT2D eigenvalue weighted by molar-refractivity contribution is 7.46. The van der Waals surface area contributed by atoms with Crippen molar-refractivity contribution >= 4 is 13.8 Å². The molecule has 0 aromatic carbocycles. The maximum Gasteiger partial charge on any atom is 0.469 e. The van der Waals surface area contributed by atoms with Crippen molar-refractivity contribution in [2.45, 2.75) is 173 Å². The van der Waals surface area contributed by atoms with E-state index >= 15 is 0 Å². The van der Waals surface area contributed by atoms with Crippen molar-refractivity contribution in [3.05, 3.63) is 0 Å². The van der Waals surface area contributed by atoms with E-state index in [4.69, 9.17) is 14.9 Å². The van der Waals surface area contributed by atoms with E-state index in [2.05, 4.69) is 4.52 Å². The number of aliphatic carboxylic acids is 1. The van der Waals surface area contributed by atoms with E-state index in [1.54, 1.807) is 0 Å². The summed E-state index contributed by atoms with van der Waals surface area (Å²) in [5.41, 5.74) is 0. The molecule has 0 aliphatic heterocycles. The number of unbranched alkanes of at least 4 members (excludes halogenated alkanes) is 25. The molecular weight excluding hydrogens is 475 g/mol. The van der Waals surface area contributed by atoms with Gasteiger partial charge >= 0.3 is 13.8 Å². The third-order valence-corrected chi connectivity index (χ3v) is 7.56. The van der Waals surface area contributed by atoms with E-state index in [-0.39, 0.29) is 6.61 Å². The molecule has 216 valence electrons. The van der Waals surface area contributed by atoms with Gasteiger partial charge in [-0.25, -0.2) is 4.57 Å². The number of carboxylic acid groups (broad SMARTS) is 1. The summed E-state index contributed by atoms with van der Waals surface area (Å²) < 4.78 is 15.0. The summed E-state index contributed by atoms with van der Waals surface area (Å²) in [7, 11) is -4.28. The number of phosphoric acid groups is 1. The van der Waals surface area contributed by atoms with Gasteiger partial charge in [0.15, 0.2) is 0 Å². The standard InChI is InChI=1S/C29H59O6P/c30-29(31)27-25-23-21-19-17-15-13-11-9-7-5-3-1-2-4-6-8-10-12-14-16-18-20-22-24-26-28-35-36(32,33)34/h1-28H2,(H,30,31)(H2,32,33,34). The van der Waals surface area contributed by atoms with Crippen molar-refractivity contribution in [1.29, 1.82) is 0 Å². The maximum absolute atomic E-state index is 10.6. The first kappa shape index (κ1) is 35.6. The molecule has 0 aliphatic carbocycles. The quantitative estimate of drug-likeness (QED) is 0.0626. The molecule has 0 amide bonds. The molecule has 0 fully saturated rings. The third kappa shape index (κ3) is 33.6. The van der Waals surface area contributed by atoms with E-state index in [0.29, 0.717) is 6.42 Å². The molecular formula is C29H59O6P. The first-order valence-corrected chi connectivity index (χ1v) is 16.9. The van der Waals surface area contributed by atoms with E-state index in [1.165, 1.54) is 135 Å². The molecule has 7 heteroatoms. The summed E-state index contributed by atoms with van der Waals surface area (Å²) in [6, 6.07) is 0. The molecule has 0 saturated heterocycles. The second-order valence-electron chi connectivity index (χ2n) is 10.7. The van der Waals surface area contributed by atoms with Gasteiger partial charge in [-0.1, -0.05) is 154 Å². The molecule has 0 unspecified atom stereocenters. The van der Waals surface area contributed by atoms with Crippen LogP contribution in [0.5, 0.6) is 0 Å². The van der Waals surface area contributed by atoms with Crippen LogP contribution in [0, 0.1) is 0 Å². The summed E-state index contributed by atoms with van der Waals surface area (Å²) in [6.07, 6.45) is 33.5. The SMILES string of the molecule is O=C(O)CCCCCCCCCCCCCCCCCCCCCCCCCCCCOP(=O)(O)O. The van der Waals surface area contributed by atoms with E-state index in [0.717, 1.165) is 32.1 Å². The van der Waals surface area contributed by atoms with Crippen LogP contribution in [0.15, 0.2) is 0 Å². The number of rotatable bonds is 30. The van der Waals surface area contributed by atoms with Gasteiger partial charge < -0.3 is 14.9 Å². The largest absolute Gasteiger partial charge is 0.481 e. The normalized spacial score (nSPS) is 11.8. The minimum Gasteiger partial charge on any atom is -0.481 e. The fourth-order valence-electron chi connectivity index (χ4n) is 4.80. The average Bonchev–Trinajstić information content (AvgIpc) is 2.82. The Bertz CT molecular complexity index is 508. The molecule has 0 atom stereocenters. The van der Waals surface area contributed by atoms with Gasteiger partial charge in [0.1, 0.15) is 0 Å². The van der Waals surface area contributed by atoms with Crippen LogP contribution in [0.4, 0.5) is 0 Å². The van der Waals surface area contributed by atoms with Crippen LogP contribution in [0.1, 0.15) is 173 Å². The maximum atomic E-state index is 10.6. The number of hydrogen-bond acceptors (Lipinski definition) is 3. The molecule has 0 aliphatic rings. The second-order valence-corrected chi connectivity index (χ2v) is 11.9. The van der Waals surface area contributed by atoms with Gasteiger partial charge in [0.25, 0.3) is 0 Å². The van der Waals surface area contributed by atoms with Gasteiger partial charge in [-0.2, -0.15) is 0 Å². The lowest BCUT2D eigenvalue weighted by atomic mass is 10.0. The van der Waals surface area contributed by atoms with Crippen LogP contribution in [0.25, 0.3) is 0 Å². The number of carbonyl (C=O) groups is 1. The Morgan fingerprint density at radius 1 is 0.444 bits per heavy atom. The Labute approximate surface area is 222 Å². The van der Waals surface area contributed by atoms with Gasteiger partial charge in [-0.3, -0.25) is 9.32 Å². The van der Waals surface area contributed by atoms with Crippen LogP contribution < -0.4 is 0 Å². The van der Waals surface area contributed by atoms with Crippen LogP contribution in [0.3, 0.4) is 0 Å². The summed E-state index contributed by atoms with van der Waals surface area (Å²) in [4.78, 5) is 27.7. The Kier molecular flexibility index (Phi) is 27.3. The number of phosphoric ester groups is 1. The molecule has 0 aromatic heterocycles. The lowest BCUT2D eigenvalue weighted by molar-refractivity contribution is -0.137. The first-order valence-electron chi connectivity index (χ1n) is 15.3. The third-order valence-electron chi connectivity index (χ3n) is 7.04. The molecule has 0 radical (unpaired) electrons. The fraction of sp³-hybridized carbons (Fsp3) is 0.966. The lowest BCUT2D eigenvalue weighted by Gasteiger charge is -2.05. The van der Waals surface area contributed by atoms with Gasteiger partial charge in [-0.15, -0.1) is 0 Å². The van der Waals surface area contributed by atoms with Gasteiger partial charge in [0.05, 0.1) is 6.61 Å². The predicted octanol–water partition coefficient (Wildman–Crippen LogP) is 9.71. The molecule has 6 nitrogen and oxygen atoms in total. The second kappa shape index (κ2) is 27.6. The van der Waals surface area contributed by atoms with Crippen LogP contribution in [-0.2, 0) is 13.9 Å². The van der Waals surface area contributed by atoms with Gasteiger partial charge in [0.2, 0.25) is 0 Å². The highest BCUT2D eigenvalue weighted by Crippen LogP contribution is 2.35. The Morgan fingerprint density at radius 2 is 0.667 bits per heavy atom. The average molecular weight is 535 g/mol. The van der Waals surface area contributed by atoms with Crippen molar-refractivity contribution in [2.75, 3.05) is 6.61 Å². The summed E-state index contributed by atoms with van der Waals surface area (Å²) >= 11 is 0. The first-order chi connectivity index (χ1) is 17.4. The van der Waals surface area contributed by atoms with Crippen molar-refractivity contribution in [1.82, 2.24) is 0 Å². The molecule has 0 spiro atoms. The fourth-order valence-corrected chi connectivity index (χ4v) is 5.17. The monoisotopic (exact) mass is 534 g/mol. The topological polar surface area (TPSA) is 104 Å². The van der Waals surface area contributed by atoms with Crippen molar-refractivity contribution in [3.63, 3.8) is 0 Å². The van der Waals surface area contributed by atoms with Crippen molar-refractivity contribution < 1.29 is 28.8 Å². The van der Waals surface area contributed by atoms with E-state index in [9.17, 15) is 9.36 Å². The number of carboxylic acids is 1. The summed E-state index contributed by atoms with van der Waals surface area (Å²) in [6.45, 7) is 0.160. The Morgan fingerprint density at radius 3 is 0.889 bits per heavy atom. The van der Waals surface area contributed by atoms with Crippen LogP contribution in [0.2, 0.25) is 0 Å². The molecule has 0 saturated carbocycles. The number of hydrogen-bond donors (Lipinski definition) is 3. The predicted molar refractivity (Wildman–Crippen MR) is 150 cm³/mol. The molecule has 3 N–H and O–H groups in total. The lowest BCUT2D eigenvalue weighted by Crippen LogP contribution is -1.93. The molecule has 0 rings (SSSR count). The molecule has 0 bridgehead atoms. The van der Waals surface area contributed by atoms with E-state index in [1.807, 2.05) is 0 Å². The zero-order valence-corrected chi connectivity index (χ0v) is 24.2. The Balaban J connectivity index is 3.05. The minimum absolute atomic E-state index is 0.160. The smallest absolute Gasteiger partial charge is 0.469 e. The zero-order chi connectivity index (χ0) is 26.6. The van der Waals surface area contributed by atoms with Crippen molar-refractivity contribution in [2.24, 2.45) is 0 Å². The highest BCUT2D eigenvalue weighted by atomic mass is 31.2. The van der Waals surface area contributed by atoms with Crippen molar-refractivity contribution in [3.8, 4) is 0 Å². The summed E-state index contributed by atoms with van der Waals surface area (Å²) in [5, 5.41) is 8.61. The summed E-state index contributed by atoms with van der Waals surface area (Å²) in [5.74, 6) is -0.663. The molecule has 0 heterocycles. The van der Waals surface area contributed by atoms with Crippen LogP contribution in [-0.4, -0.2) is 27.5 Å². The van der Waals surface area contributed by atoms with E-state index < -0.39 is 13.8 Å². The van der Waals surface area contributed by atoms with Crippen LogP contribution >= 0.6 is 7.82 Å². The molecule has 36 heavy (non-hydrogen) atoms. The highest BCUT2D eigenvalue weighted by Gasteiger charge is 2.12.